The van der Waals surface area contributed by atoms with Crippen molar-refractivity contribution in [2.75, 3.05) is 0 Å². The number of aromatic nitrogens is 6. The topological polar surface area (TPSA) is 77.3 Å². The van der Waals surface area contributed by atoms with Gasteiger partial charge in [0.1, 0.15) is 0 Å². The molecule has 0 amide bonds. The van der Waals surface area contributed by atoms with Crippen molar-refractivity contribution in [2.45, 2.75) is 12.7 Å². The second-order valence-corrected chi connectivity index (χ2v) is 8.60. The molecule has 200 valence electrons. The van der Waals surface area contributed by atoms with Gasteiger partial charge in [0.25, 0.3) is 0 Å². The number of hydrogen-bond donors (Lipinski definition) is 1. The van der Waals surface area contributed by atoms with Crippen LogP contribution in [0.4, 0.5) is 0 Å². The van der Waals surface area contributed by atoms with Crippen molar-refractivity contribution in [1.82, 2.24) is 29.9 Å². The minimum atomic E-state index is 0. The van der Waals surface area contributed by atoms with E-state index in [0.717, 1.165) is 45.5 Å². The quantitative estimate of drug-likeness (QED) is 0.165. The average molecular weight is 630 g/mol. The Hall–Kier alpha value is -4.13. The Bertz CT molecular complexity index is 1390. The first-order valence-corrected chi connectivity index (χ1v) is 13.0. The first kappa shape index (κ1) is 30.4. The molecule has 0 aliphatic rings. The molecule has 0 saturated carbocycles. The van der Waals surface area contributed by atoms with Crippen LogP contribution in [0.15, 0.2) is 134 Å². The molecule has 0 aliphatic carbocycles. The molecule has 0 spiro atoms. The predicted octanol–water partition coefficient (Wildman–Crippen LogP) is 7.17. The van der Waals surface area contributed by atoms with Gasteiger partial charge in [-0.25, -0.2) is 0 Å². The molecule has 6 rings (SSSR count). The van der Waals surface area contributed by atoms with Crippen molar-refractivity contribution in [3.63, 3.8) is 0 Å². The van der Waals surface area contributed by atoms with Crippen LogP contribution >= 0.6 is 12.6 Å². The molecule has 0 radical (unpaired) electrons. The molecule has 6 nitrogen and oxygen atoms in total. The summed E-state index contributed by atoms with van der Waals surface area (Å²) in [4.78, 5) is 25.3. The largest absolute Gasteiger partial charge is 0.255 e. The summed E-state index contributed by atoms with van der Waals surface area (Å²) < 4.78 is 0. The van der Waals surface area contributed by atoms with E-state index in [0.29, 0.717) is 0 Å². The molecule has 0 saturated heterocycles. The SMILES string of the molecule is Cc1ccnc(-c2cc(CS)ccn2)c1.[Ru].c1ccc(-c2ccccn2)nc1.c1ccc(-c2ccccn2)nc1. The third-order valence-electron chi connectivity index (χ3n) is 5.37. The van der Waals surface area contributed by atoms with Crippen LogP contribution in [-0.4, -0.2) is 29.9 Å². The normalized spacial score (nSPS) is 9.65. The summed E-state index contributed by atoms with van der Waals surface area (Å²) in [6.07, 6.45) is 10.7. The number of rotatable bonds is 4. The fourth-order valence-corrected chi connectivity index (χ4v) is 3.64. The second kappa shape index (κ2) is 16.8. The molecule has 0 aromatic carbocycles. The van der Waals surface area contributed by atoms with Gasteiger partial charge in [-0.2, -0.15) is 12.6 Å². The molecule has 0 fully saturated rings. The summed E-state index contributed by atoms with van der Waals surface area (Å²) in [5.74, 6) is 0.724. The Morgan fingerprint density at radius 3 is 1.18 bits per heavy atom. The molecule has 6 aromatic rings. The number of aryl methyl sites for hydroxylation is 1. The maximum atomic E-state index is 4.30. The maximum Gasteiger partial charge on any atom is 0.0889 e. The zero-order valence-corrected chi connectivity index (χ0v) is 24.5. The summed E-state index contributed by atoms with van der Waals surface area (Å²) in [5.41, 5.74) is 7.83. The third-order valence-corrected chi connectivity index (χ3v) is 5.73. The molecular formula is C32H28N6RuS. The van der Waals surface area contributed by atoms with Crippen molar-refractivity contribution in [2.24, 2.45) is 0 Å². The maximum absolute atomic E-state index is 4.30. The van der Waals surface area contributed by atoms with E-state index in [1.807, 2.05) is 104 Å². The van der Waals surface area contributed by atoms with Gasteiger partial charge < -0.3 is 0 Å². The van der Waals surface area contributed by atoms with Crippen LogP contribution in [0, 0.1) is 6.92 Å². The number of nitrogens with zero attached hydrogens (tertiary/aromatic N) is 6. The van der Waals surface area contributed by atoms with Gasteiger partial charge in [0, 0.05) is 62.4 Å². The molecule has 0 N–H and O–H groups in total. The Labute approximate surface area is 253 Å². The molecule has 6 heterocycles. The van der Waals surface area contributed by atoms with Gasteiger partial charge in [-0.15, -0.1) is 0 Å². The van der Waals surface area contributed by atoms with Crippen LogP contribution in [-0.2, 0) is 25.2 Å². The number of thiol groups is 1. The summed E-state index contributed by atoms with van der Waals surface area (Å²) in [7, 11) is 0. The average Bonchev–Trinajstić information content (AvgIpc) is 3.03. The van der Waals surface area contributed by atoms with Gasteiger partial charge in [-0.05, 0) is 90.8 Å². The minimum Gasteiger partial charge on any atom is -0.255 e. The summed E-state index contributed by atoms with van der Waals surface area (Å²) in [6.45, 7) is 2.05. The standard InChI is InChI=1S/C12H12N2S.2C10H8N2.Ru/c1-9-2-4-13-11(6-9)12-7-10(8-15)3-5-14-12;2*1-3-7-11-9(5-1)10-6-2-4-8-12-10;/h2-7,15H,8H2,1H3;2*1-8H;. The van der Waals surface area contributed by atoms with E-state index in [1.54, 1.807) is 37.2 Å². The molecule has 0 atom stereocenters. The fourth-order valence-electron chi connectivity index (χ4n) is 3.45. The molecular weight excluding hydrogens is 602 g/mol. The van der Waals surface area contributed by atoms with Crippen molar-refractivity contribution >= 4 is 12.6 Å². The van der Waals surface area contributed by atoms with E-state index in [4.69, 9.17) is 0 Å². The molecule has 6 aromatic heterocycles. The molecule has 0 bridgehead atoms. The molecule has 40 heavy (non-hydrogen) atoms. The van der Waals surface area contributed by atoms with Crippen molar-refractivity contribution < 1.29 is 19.5 Å². The third kappa shape index (κ3) is 9.56. The molecule has 0 unspecified atom stereocenters. The summed E-state index contributed by atoms with van der Waals surface area (Å²) >= 11 is 4.24. The van der Waals surface area contributed by atoms with Gasteiger partial charge in [0.2, 0.25) is 0 Å². The molecule has 0 aliphatic heterocycles. The summed E-state index contributed by atoms with van der Waals surface area (Å²) in [6, 6.07) is 31.2. The van der Waals surface area contributed by atoms with E-state index in [9.17, 15) is 0 Å². The molecule has 8 heteroatoms. The number of hydrogen-bond acceptors (Lipinski definition) is 7. The van der Waals surface area contributed by atoms with Crippen LogP contribution in [0.25, 0.3) is 34.2 Å². The minimum absolute atomic E-state index is 0. The first-order chi connectivity index (χ1) is 19.2. The van der Waals surface area contributed by atoms with Gasteiger partial charge in [-0.1, -0.05) is 24.3 Å². The summed E-state index contributed by atoms with van der Waals surface area (Å²) in [5, 5.41) is 0. The Kier molecular flexibility index (Phi) is 12.7. The Morgan fingerprint density at radius 1 is 0.450 bits per heavy atom. The zero-order chi connectivity index (χ0) is 27.1. The van der Waals surface area contributed by atoms with Crippen LogP contribution in [0.1, 0.15) is 11.1 Å². The van der Waals surface area contributed by atoms with Gasteiger partial charge >= 0.3 is 0 Å². The Morgan fingerprint density at radius 2 is 0.825 bits per heavy atom. The van der Waals surface area contributed by atoms with Gasteiger partial charge in [-0.3, -0.25) is 29.9 Å². The van der Waals surface area contributed by atoms with Gasteiger partial charge in [0.15, 0.2) is 0 Å². The van der Waals surface area contributed by atoms with Crippen LogP contribution < -0.4 is 0 Å². The van der Waals surface area contributed by atoms with E-state index in [-0.39, 0.29) is 19.5 Å². The van der Waals surface area contributed by atoms with Crippen molar-refractivity contribution in [3.8, 4) is 34.2 Å². The number of pyridine rings is 6. The van der Waals surface area contributed by atoms with E-state index in [2.05, 4.69) is 42.5 Å². The first-order valence-electron chi connectivity index (χ1n) is 12.4. The van der Waals surface area contributed by atoms with Crippen molar-refractivity contribution in [3.05, 3.63) is 145 Å². The van der Waals surface area contributed by atoms with Gasteiger partial charge in [0.05, 0.1) is 34.2 Å². The van der Waals surface area contributed by atoms with Crippen LogP contribution in [0.3, 0.4) is 0 Å². The van der Waals surface area contributed by atoms with Crippen LogP contribution in [0.5, 0.6) is 0 Å². The van der Waals surface area contributed by atoms with E-state index < -0.39 is 0 Å². The smallest absolute Gasteiger partial charge is 0.0889 e. The second-order valence-electron chi connectivity index (χ2n) is 8.29. The van der Waals surface area contributed by atoms with E-state index in [1.165, 1.54) is 5.56 Å². The Balaban J connectivity index is 0.000000165. The predicted molar refractivity (Wildman–Crippen MR) is 160 cm³/mol. The fraction of sp³-hybridized carbons (Fsp3) is 0.0625. The van der Waals surface area contributed by atoms with Crippen LogP contribution in [0.2, 0.25) is 0 Å². The van der Waals surface area contributed by atoms with Crippen molar-refractivity contribution in [1.29, 1.82) is 0 Å². The zero-order valence-electron chi connectivity index (χ0n) is 21.9. The van der Waals surface area contributed by atoms with E-state index >= 15 is 0 Å². The monoisotopic (exact) mass is 630 g/mol.